The van der Waals surface area contributed by atoms with Crippen LogP contribution in [0.4, 0.5) is 0 Å². The minimum Gasteiger partial charge on any atom is -0.462 e. The Labute approximate surface area is 126 Å². The first-order chi connectivity index (χ1) is 10.1. The third-order valence-electron chi connectivity index (χ3n) is 4.78. The molecule has 4 unspecified atom stereocenters. The second-order valence-electron chi connectivity index (χ2n) is 6.20. The Morgan fingerprint density at radius 2 is 1.38 bits per heavy atom. The molecule has 2 aliphatic rings. The van der Waals surface area contributed by atoms with Crippen LogP contribution in [0.25, 0.3) is 0 Å². The highest BCUT2D eigenvalue weighted by atomic mass is 16.5. The summed E-state index contributed by atoms with van der Waals surface area (Å²) in [6.45, 7) is 7.82. The molecule has 2 aliphatic carbocycles. The third-order valence-corrected chi connectivity index (χ3v) is 4.78. The van der Waals surface area contributed by atoms with Gasteiger partial charge >= 0.3 is 11.9 Å². The van der Waals surface area contributed by atoms with Gasteiger partial charge in [0.25, 0.3) is 0 Å². The van der Waals surface area contributed by atoms with Crippen LogP contribution >= 0.6 is 0 Å². The molecule has 0 amide bonds. The number of ether oxygens (including phenoxy) is 2. The van der Waals surface area contributed by atoms with Crippen molar-refractivity contribution in [3.8, 4) is 0 Å². The van der Waals surface area contributed by atoms with Crippen LogP contribution in [0, 0.1) is 23.7 Å². The topological polar surface area (TPSA) is 52.6 Å². The SMILES string of the molecule is C=CC(=O)OCC1CCC2CC(COC(=O)C=C)CC2C1. The monoisotopic (exact) mass is 292 g/mol. The first-order valence-electron chi connectivity index (χ1n) is 7.70. The van der Waals surface area contributed by atoms with Crippen molar-refractivity contribution in [1.29, 1.82) is 0 Å². The highest BCUT2D eigenvalue weighted by Crippen LogP contribution is 2.47. The molecule has 2 saturated carbocycles. The van der Waals surface area contributed by atoms with Gasteiger partial charge in [-0.15, -0.1) is 0 Å². The van der Waals surface area contributed by atoms with Gasteiger partial charge in [-0.3, -0.25) is 0 Å². The third kappa shape index (κ3) is 4.45. The van der Waals surface area contributed by atoms with Crippen LogP contribution < -0.4 is 0 Å². The summed E-state index contributed by atoms with van der Waals surface area (Å²) in [5, 5.41) is 0. The number of esters is 2. The van der Waals surface area contributed by atoms with E-state index < -0.39 is 0 Å². The number of hydrogen-bond acceptors (Lipinski definition) is 4. The molecule has 0 aromatic carbocycles. The summed E-state index contributed by atoms with van der Waals surface area (Å²) in [7, 11) is 0. The fourth-order valence-electron chi connectivity index (χ4n) is 3.78. The van der Waals surface area contributed by atoms with E-state index in [-0.39, 0.29) is 11.9 Å². The average molecular weight is 292 g/mol. The molecular formula is C17H24O4. The number of rotatable bonds is 6. The van der Waals surface area contributed by atoms with E-state index >= 15 is 0 Å². The predicted molar refractivity (Wildman–Crippen MR) is 79.4 cm³/mol. The van der Waals surface area contributed by atoms with Gasteiger partial charge in [0.05, 0.1) is 13.2 Å². The van der Waals surface area contributed by atoms with E-state index in [1.54, 1.807) is 0 Å². The molecule has 4 heteroatoms. The van der Waals surface area contributed by atoms with Gasteiger partial charge in [-0.1, -0.05) is 13.2 Å². The molecule has 21 heavy (non-hydrogen) atoms. The van der Waals surface area contributed by atoms with Crippen molar-refractivity contribution >= 4 is 11.9 Å². The molecule has 2 rings (SSSR count). The van der Waals surface area contributed by atoms with Crippen molar-refractivity contribution < 1.29 is 19.1 Å². The second-order valence-corrected chi connectivity index (χ2v) is 6.20. The standard InChI is InChI=1S/C17H24O4/c1-3-16(18)20-10-12-5-6-14-8-13(9-15(14)7-12)11-21-17(19)4-2/h3-4,12-15H,1-2,5-11H2. The van der Waals surface area contributed by atoms with E-state index in [0.717, 1.165) is 31.6 Å². The van der Waals surface area contributed by atoms with Crippen molar-refractivity contribution in [3.63, 3.8) is 0 Å². The van der Waals surface area contributed by atoms with Crippen LogP contribution in [0.2, 0.25) is 0 Å². The smallest absolute Gasteiger partial charge is 0.330 e. The zero-order chi connectivity index (χ0) is 15.2. The first-order valence-corrected chi connectivity index (χ1v) is 7.70. The summed E-state index contributed by atoms with van der Waals surface area (Å²) in [6.07, 6.45) is 8.10. The lowest BCUT2D eigenvalue weighted by molar-refractivity contribution is -0.140. The fourth-order valence-corrected chi connectivity index (χ4v) is 3.78. The molecule has 0 bridgehead atoms. The van der Waals surface area contributed by atoms with Gasteiger partial charge < -0.3 is 9.47 Å². The zero-order valence-electron chi connectivity index (χ0n) is 12.5. The Morgan fingerprint density at radius 3 is 2.00 bits per heavy atom. The Kier molecular flexibility index (Phi) is 5.59. The van der Waals surface area contributed by atoms with Crippen molar-refractivity contribution in [2.45, 2.75) is 32.1 Å². The Balaban J connectivity index is 1.74. The zero-order valence-corrected chi connectivity index (χ0v) is 12.5. The van der Waals surface area contributed by atoms with Crippen LogP contribution in [0.1, 0.15) is 32.1 Å². The molecule has 0 aromatic rings. The van der Waals surface area contributed by atoms with Gasteiger partial charge in [0.2, 0.25) is 0 Å². The molecular weight excluding hydrogens is 268 g/mol. The second kappa shape index (κ2) is 7.43. The number of carbonyl (C=O) groups is 2. The molecule has 0 saturated heterocycles. The molecule has 2 fully saturated rings. The molecule has 0 aliphatic heterocycles. The van der Waals surface area contributed by atoms with Crippen LogP contribution in [0.15, 0.2) is 25.3 Å². The fraction of sp³-hybridized carbons (Fsp3) is 0.647. The molecule has 116 valence electrons. The summed E-state index contributed by atoms with van der Waals surface area (Å²) in [5.74, 6) is 1.68. The van der Waals surface area contributed by atoms with Crippen molar-refractivity contribution in [2.24, 2.45) is 23.7 Å². The number of fused-ring (bicyclic) bond motifs is 1. The molecule has 4 nitrogen and oxygen atoms in total. The van der Waals surface area contributed by atoms with Crippen molar-refractivity contribution in [1.82, 2.24) is 0 Å². The van der Waals surface area contributed by atoms with E-state index in [4.69, 9.17) is 9.47 Å². The lowest BCUT2D eigenvalue weighted by Crippen LogP contribution is -2.24. The van der Waals surface area contributed by atoms with Gasteiger partial charge in [-0.25, -0.2) is 9.59 Å². The van der Waals surface area contributed by atoms with E-state index in [1.165, 1.54) is 18.6 Å². The van der Waals surface area contributed by atoms with Crippen LogP contribution in [0.3, 0.4) is 0 Å². The summed E-state index contributed by atoms with van der Waals surface area (Å²) in [5.41, 5.74) is 0. The summed E-state index contributed by atoms with van der Waals surface area (Å²) in [4.78, 5) is 22.2. The quantitative estimate of drug-likeness (QED) is 0.558. The van der Waals surface area contributed by atoms with Gasteiger partial charge in [0, 0.05) is 12.2 Å². The molecule has 0 N–H and O–H groups in total. The largest absolute Gasteiger partial charge is 0.462 e. The van der Waals surface area contributed by atoms with Crippen molar-refractivity contribution in [2.75, 3.05) is 13.2 Å². The Morgan fingerprint density at radius 1 is 0.857 bits per heavy atom. The van der Waals surface area contributed by atoms with Gasteiger partial charge in [-0.05, 0) is 55.8 Å². The minimum atomic E-state index is -0.335. The maximum absolute atomic E-state index is 11.1. The maximum atomic E-state index is 11.1. The predicted octanol–water partition coefficient (Wildman–Crippen LogP) is 2.89. The normalized spacial score (nSPS) is 31.0. The lowest BCUT2D eigenvalue weighted by Gasteiger charge is -2.31. The van der Waals surface area contributed by atoms with E-state index in [0.29, 0.717) is 31.0 Å². The Hall–Kier alpha value is -1.58. The van der Waals surface area contributed by atoms with Gasteiger partial charge in [0.1, 0.15) is 0 Å². The highest BCUT2D eigenvalue weighted by molar-refractivity contribution is 5.81. The number of hydrogen-bond donors (Lipinski definition) is 0. The average Bonchev–Trinajstić information content (AvgIpc) is 2.92. The summed E-state index contributed by atoms with van der Waals surface area (Å²) >= 11 is 0. The molecule has 0 heterocycles. The first kappa shape index (κ1) is 15.8. The van der Waals surface area contributed by atoms with Gasteiger partial charge in [0.15, 0.2) is 0 Å². The summed E-state index contributed by atoms with van der Waals surface area (Å²) < 4.78 is 10.3. The molecule has 0 aromatic heterocycles. The maximum Gasteiger partial charge on any atom is 0.330 e. The minimum absolute atomic E-state index is 0.334. The molecule has 0 spiro atoms. The van der Waals surface area contributed by atoms with Gasteiger partial charge in [-0.2, -0.15) is 0 Å². The van der Waals surface area contributed by atoms with Crippen LogP contribution in [-0.4, -0.2) is 25.2 Å². The van der Waals surface area contributed by atoms with Crippen molar-refractivity contribution in [3.05, 3.63) is 25.3 Å². The number of carbonyl (C=O) groups excluding carboxylic acids is 2. The summed E-state index contributed by atoms with van der Waals surface area (Å²) in [6, 6.07) is 0. The Bertz CT molecular complexity index is 393. The van der Waals surface area contributed by atoms with Crippen LogP contribution in [0.5, 0.6) is 0 Å². The van der Waals surface area contributed by atoms with E-state index in [1.807, 2.05) is 0 Å². The van der Waals surface area contributed by atoms with E-state index in [9.17, 15) is 9.59 Å². The molecule has 0 radical (unpaired) electrons. The van der Waals surface area contributed by atoms with Crippen LogP contribution in [-0.2, 0) is 19.1 Å². The lowest BCUT2D eigenvalue weighted by atomic mass is 9.76. The van der Waals surface area contributed by atoms with E-state index in [2.05, 4.69) is 13.2 Å². The molecule has 4 atom stereocenters. The highest BCUT2D eigenvalue weighted by Gasteiger charge is 2.39.